The molecule has 3 aromatic rings. The van der Waals surface area contributed by atoms with E-state index in [-0.39, 0.29) is 31.0 Å². The molecule has 0 bridgehead atoms. The van der Waals surface area contributed by atoms with E-state index in [1.807, 2.05) is 53.6 Å². The van der Waals surface area contributed by atoms with Crippen molar-refractivity contribution in [2.75, 3.05) is 26.8 Å². The van der Waals surface area contributed by atoms with Crippen LogP contribution in [0.25, 0.3) is 10.9 Å². The minimum atomic E-state index is -0.116. The zero-order valence-corrected chi connectivity index (χ0v) is 17.9. The van der Waals surface area contributed by atoms with Gasteiger partial charge in [0, 0.05) is 43.3 Å². The molecule has 0 aliphatic heterocycles. The third kappa shape index (κ3) is 5.33. The van der Waals surface area contributed by atoms with Crippen LogP contribution in [0.2, 0.25) is 0 Å². The number of ether oxygens (including phenoxy) is 1. The summed E-state index contributed by atoms with van der Waals surface area (Å²) in [6.07, 6.45) is 4.68. The van der Waals surface area contributed by atoms with E-state index in [1.165, 1.54) is 18.1 Å². The number of amides is 2. The molecule has 1 aliphatic rings. The van der Waals surface area contributed by atoms with Crippen LogP contribution < -0.4 is 0 Å². The molecule has 4 rings (SSSR count). The van der Waals surface area contributed by atoms with Gasteiger partial charge >= 0.3 is 0 Å². The van der Waals surface area contributed by atoms with Gasteiger partial charge in [0.25, 0.3) is 0 Å². The van der Waals surface area contributed by atoms with Crippen molar-refractivity contribution in [1.29, 1.82) is 0 Å². The number of carbonyl (C=O) groups is 2. The summed E-state index contributed by atoms with van der Waals surface area (Å²) in [5, 5.41) is 1.18. The van der Waals surface area contributed by atoms with Gasteiger partial charge in [0.1, 0.15) is 13.2 Å². The molecule has 0 unspecified atom stereocenters. The Bertz CT molecular complexity index is 1030. The minimum Gasteiger partial charge on any atom is -0.375 e. The molecule has 1 aliphatic carbocycles. The van der Waals surface area contributed by atoms with Crippen molar-refractivity contribution in [3.8, 4) is 0 Å². The molecule has 1 fully saturated rings. The van der Waals surface area contributed by atoms with E-state index in [2.05, 4.69) is 17.1 Å². The zero-order chi connectivity index (χ0) is 21.6. The van der Waals surface area contributed by atoms with Crippen LogP contribution in [0.3, 0.4) is 0 Å². The normalized spacial score (nSPS) is 13.3. The summed E-state index contributed by atoms with van der Waals surface area (Å²) < 4.78 is 5.02. The summed E-state index contributed by atoms with van der Waals surface area (Å²) in [6.45, 7) is 1.23. The maximum absolute atomic E-state index is 13.3. The van der Waals surface area contributed by atoms with Gasteiger partial charge in [0.2, 0.25) is 11.8 Å². The van der Waals surface area contributed by atoms with Crippen LogP contribution in [0.1, 0.15) is 24.0 Å². The second kappa shape index (κ2) is 9.79. The number of H-pyrrole nitrogens is 1. The monoisotopic (exact) mass is 419 g/mol. The second-order valence-electron chi connectivity index (χ2n) is 8.10. The van der Waals surface area contributed by atoms with Crippen LogP contribution in [-0.4, -0.2) is 59.4 Å². The Morgan fingerprint density at radius 1 is 1.03 bits per heavy atom. The second-order valence-corrected chi connectivity index (χ2v) is 8.10. The number of nitrogens with one attached hydrogen (secondary N) is 1. The van der Waals surface area contributed by atoms with E-state index >= 15 is 0 Å². The average molecular weight is 420 g/mol. The van der Waals surface area contributed by atoms with Gasteiger partial charge in [0.15, 0.2) is 0 Å². The Morgan fingerprint density at radius 3 is 2.52 bits per heavy atom. The molecule has 6 nitrogen and oxygen atoms in total. The van der Waals surface area contributed by atoms with E-state index in [9.17, 15) is 9.59 Å². The molecule has 162 valence electrons. The van der Waals surface area contributed by atoms with Gasteiger partial charge in [-0.3, -0.25) is 9.59 Å². The lowest BCUT2D eigenvalue weighted by atomic mass is 10.1. The van der Waals surface area contributed by atoms with Gasteiger partial charge in [-0.2, -0.15) is 0 Å². The van der Waals surface area contributed by atoms with E-state index in [4.69, 9.17) is 4.74 Å². The largest absolute Gasteiger partial charge is 0.375 e. The highest BCUT2D eigenvalue weighted by molar-refractivity contribution is 5.86. The van der Waals surface area contributed by atoms with E-state index in [0.29, 0.717) is 13.1 Å². The molecule has 2 amide bonds. The standard InChI is InChI=1S/C25H29N3O3/c1-31-18-25(30)28(21-11-12-21)17-24(29)27(16-19-7-3-2-4-8-19)14-13-20-15-26-23-10-6-5-9-22(20)23/h2-10,15,21,26H,11-14,16-18H2,1H3. The lowest BCUT2D eigenvalue weighted by Gasteiger charge is -2.28. The quantitative estimate of drug-likeness (QED) is 0.548. The van der Waals surface area contributed by atoms with Gasteiger partial charge < -0.3 is 19.5 Å². The summed E-state index contributed by atoms with van der Waals surface area (Å²) in [6, 6.07) is 18.4. The number of hydrogen-bond donors (Lipinski definition) is 1. The van der Waals surface area contributed by atoms with Gasteiger partial charge in [-0.15, -0.1) is 0 Å². The number of rotatable bonds is 10. The summed E-state index contributed by atoms with van der Waals surface area (Å²) >= 11 is 0. The van der Waals surface area contributed by atoms with Crippen molar-refractivity contribution in [2.45, 2.75) is 31.8 Å². The Kier molecular flexibility index (Phi) is 6.67. The zero-order valence-electron chi connectivity index (χ0n) is 17.9. The van der Waals surface area contributed by atoms with Crippen molar-refractivity contribution in [3.05, 3.63) is 71.9 Å². The van der Waals surface area contributed by atoms with Crippen molar-refractivity contribution in [2.24, 2.45) is 0 Å². The number of hydrogen-bond acceptors (Lipinski definition) is 3. The topological polar surface area (TPSA) is 65.6 Å². The molecular formula is C25H29N3O3. The summed E-state index contributed by atoms with van der Waals surface area (Å²) in [4.78, 5) is 32.6. The maximum Gasteiger partial charge on any atom is 0.249 e. The number of methoxy groups -OCH3 is 1. The van der Waals surface area contributed by atoms with Crippen molar-refractivity contribution in [1.82, 2.24) is 14.8 Å². The Labute approximate surface area is 182 Å². The van der Waals surface area contributed by atoms with Crippen molar-refractivity contribution < 1.29 is 14.3 Å². The molecule has 0 spiro atoms. The molecular weight excluding hydrogens is 390 g/mol. The fourth-order valence-corrected chi connectivity index (χ4v) is 3.95. The van der Waals surface area contributed by atoms with Crippen LogP contribution in [-0.2, 0) is 27.3 Å². The molecule has 1 N–H and O–H groups in total. The van der Waals surface area contributed by atoms with Crippen LogP contribution in [0.4, 0.5) is 0 Å². The molecule has 6 heteroatoms. The maximum atomic E-state index is 13.3. The Balaban J connectivity index is 1.49. The number of carbonyl (C=O) groups excluding carboxylic acids is 2. The molecule has 0 saturated heterocycles. The predicted octanol–water partition coefficient (Wildman–Crippen LogP) is 3.38. The fraction of sp³-hybridized carbons (Fsp3) is 0.360. The number of fused-ring (bicyclic) bond motifs is 1. The van der Waals surface area contributed by atoms with E-state index in [0.717, 1.165) is 30.3 Å². The highest BCUT2D eigenvalue weighted by Crippen LogP contribution is 2.27. The smallest absolute Gasteiger partial charge is 0.249 e. The third-order valence-corrected chi connectivity index (χ3v) is 5.78. The first-order valence-corrected chi connectivity index (χ1v) is 10.8. The number of benzene rings is 2. The van der Waals surface area contributed by atoms with Crippen LogP contribution in [0, 0.1) is 0 Å². The van der Waals surface area contributed by atoms with Crippen LogP contribution in [0.15, 0.2) is 60.8 Å². The average Bonchev–Trinajstić information content (AvgIpc) is 3.55. The van der Waals surface area contributed by atoms with Crippen molar-refractivity contribution >= 4 is 22.7 Å². The fourth-order valence-electron chi connectivity index (χ4n) is 3.95. The van der Waals surface area contributed by atoms with Crippen molar-refractivity contribution in [3.63, 3.8) is 0 Å². The lowest BCUT2D eigenvalue weighted by molar-refractivity contribution is -0.143. The molecule has 1 heterocycles. The first kappa shape index (κ1) is 21.1. The molecule has 1 saturated carbocycles. The molecule has 0 radical (unpaired) electrons. The first-order valence-electron chi connectivity index (χ1n) is 10.8. The molecule has 31 heavy (non-hydrogen) atoms. The first-order chi connectivity index (χ1) is 15.2. The number of aromatic nitrogens is 1. The van der Waals surface area contributed by atoms with Crippen LogP contribution in [0.5, 0.6) is 0 Å². The highest BCUT2D eigenvalue weighted by Gasteiger charge is 2.34. The number of nitrogens with zero attached hydrogens (tertiary/aromatic N) is 2. The molecule has 0 atom stereocenters. The third-order valence-electron chi connectivity index (χ3n) is 5.78. The van der Waals surface area contributed by atoms with Crippen LogP contribution >= 0.6 is 0 Å². The molecule has 2 aromatic carbocycles. The summed E-state index contributed by atoms with van der Waals surface area (Å²) in [5.41, 5.74) is 3.37. The van der Waals surface area contributed by atoms with E-state index in [1.54, 1.807) is 4.90 Å². The minimum absolute atomic E-state index is 0.0117. The summed E-state index contributed by atoms with van der Waals surface area (Å²) in [5.74, 6) is -0.144. The molecule has 1 aromatic heterocycles. The predicted molar refractivity (Wildman–Crippen MR) is 120 cm³/mol. The Morgan fingerprint density at radius 2 is 1.77 bits per heavy atom. The highest BCUT2D eigenvalue weighted by atomic mass is 16.5. The SMILES string of the molecule is COCC(=O)N(CC(=O)N(CCc1c[nH]c2ccccc12)Cc1ccccc1)C1CC1. The van der Waals surface area contributed by atoms with Gasteiger partial charge in [-0.25, -0.2) is 0 Å². The lowest BCUT2D eigenvalue weighted by Crippen LogP contribution is -2.45. The number of para-hydroxylation sites is 1. The van der Waals surface area contributed by atoms with Gasteiger partial charge in [0.05, 0.1) is 0 Å². The number of aromatic amines is 1. The van der Waals surface area contributed by atoms with E-state index < -0.39 is 0 Å². The van der Waals surface area contributed by atoms with Gasteiger partial charge in [-0.1, -0.05) is 48.5 Å². The summed E-state index contributed by atoms with van der Waals surface area (Å²) in [7, 11) is 1.51. The Hall–Kier alpha value is -3.12. The van der Waals surface area contributed by atoms with Gasteiger partial charge in [-0.05, 0) is 36.5 Å².